The van der Waals surface area contributed by atoms with Crippen LogP contribution < -0.4 is 0 Å². The van der Waals surface area contributed by atoms with Gasteiger partial charge in [0, 0.05) is 12.5 Å². The Morgan fingerprint density at radius 1 is 1.64 bits per heavy atom. The Balaban J connectivity index is 2.51. The van der Waals surface area contributed by atoms with Crippen LogP contribution in [0.2, 0.25) is 0 Å². The highest BCUT2D eigenvalue weighted by Crippen LogP contribution is 2.18. The molecular weight excluding hydrogens is 148 g/mol. The van der Waals surface area contributed by atoms with Gasteiger partial charge in [0.2, 0.25) is 0 Å². The molecule has 1 aromatic rings. The monoisotopic (exact) mass is 156 g/mol. The molecule has 0 saturated heterocycles. The van der Waals surface area contributed by atoms with E-state index in [1.54, 1.807) is 0 Å². The van der Waals surface area contributed by atoms with E-state index < -0.39 is 5.97 Å². The molecule has 0 aliphatic carbocycles. The number of carboxylic acid groups (broad SMARTS) is 1. The molecule has 11 heavy (non-hydrogen) atoms. The van der Waals surface area contributed by atoms with Crippen molar-refractivity contribution in [2.75, 3.05) is 0 Å². The van der Waals surface area contributed by atoms with Crippen LogP contribution in [0.1, 0.15) is 12.2 Å². The fourth-order valence-electron chi connectivity index (χ4n) is 0.741. The lowest BCUT2D eigenvalue weighted by atomic mass is 10.2. The maximum absolute atomic E-state index is 10.1. The number of carbonyl (C=O) groups is 1. The van der Waals surface area contributed by atoms with Crippen LogP contribution in [0.5, 0.6) is 5.75 Å². The molecule has 0 spiro atoms. The zero-order valence-corrected chi connectivity index (χ0v) is 5.78. The average Bonchev–Trinajstić information content (AvgIpc) is 2.31. The minimum atomic E-state index is -0.902. The molecule has 0 aromatic carbocycles. The maximum Gasteiger partial charge on any atom is 0.303 e. The Kier molecular flexibility index (Phi) is 2.15. The van der Waals surface area contributed by atoms with Gasteiger partial charge in [-0.25, -0.2) is 0 Å². The minimum Gasteiger partial charge on any atom is -0.504 e. The molecule has 0 fully saturated rings. The van der Waals surface area contributed by atoms with E-state index in [1.165, 1.54) is 12.3 Å². The standard InChI is InChI=1S/C7H8O4/c8-5-3-4-11-6(5)1-2-7(9)10/h3-4,8H,1-2H2,(H,9,10). The third kappa shape index (κ3) is 2.00. The molecule has 1 rings (SSSR count). The first-order chi connectivity index (χ1) is 5.20. The van der Waals surface area contributed by atoms with Crippen molar-refractivity contribution in [2.24, 2.45) is 0 Å². The van der Waals surface area contributed by atoms with Crippen LogP contribution >= 0.6 is 0 Å². The van der Waals surface area contributed by atoms with Crippen molar-refractivity contribution in [2.45, 2.75) is 12.8 Å². The molecule has 1 aromatic heterocycles. The van der Waals surface area contributed by atoms with Crippen LogP contribution in [-0.4, -0.2) is 16.2 Å². The van der Waals surface area contributed by atoms with Crippen molar-refractivity contribution < 1.29 is 19.4 Å². The third-order valence-corrected chi connectivity index (χ3v) is 1.29. The van der Waals surface area contributed by atoms with Crippen LogP contribution in [0, 0.1) is 0 Å². The molecule has 0 atom stereocenters. The Hall–Kier alpha value is -1.45. The van der Waals surface area contributed by atoms with Crippen molar-refractivity contribution in [3.63, 3.8) is 0 Å². The highest BCUT2D eigenvalue weighted by Gasteiger charge is 2.06. The van der Waals surface area contributed by atoms with Gasteiger partial charge in [0.05, 0.1) is 12.7 Å². The molecule has 2 N–H and O–H groups in total. The number of aromatic hydroxyl groups is 1. The summed E-state index contributed by atoms with van der Waals surface area (Å²) in [6.07, 6.45) is 1.53. The van der Waals surface area contributed by atoms with Crippen LogP contribution in [0.3, 0.4) is 0 Å². The molecule has 0 unspecified atom stereocenters. The SMILES string of the molecule is O=C(O)CCc1occc1O. The topological polar surface area (TPSA) is 70.7 Å². The summed E-state index contributed by atoms with van der Waals surface area (Å²) in [5.74, 6) is -0.556. The second-order valence-corrected chi connectivity index (χ2v) is 2.12. The normalized spacial score (nSPS) is 9.82. The Morgan fingerprint density at radius 2 is 2.36 bits per heavy atom. The van der Waals surface area contributed by atoms with Gasteiger partial charge in [-0.1, -0.05) is 0 Å². The minimum absolute atomic E-state index is 0.0197. The van der Waals surface area contributed by atoms with Crippen LogP contribution in [0.15, 0.2) is 16.7 Å². The predicted molar refractivity (Wildman–Crippen MR) is 36.3 cm³/mol. The molecule has 0 saturated carbocycles. The number of hydrogen-bond donors (Lipinski definition) is 2. The lowest BCUT2D eigenvalue weighted by Crippen LogP contribution is -1.96. The van der Waals surface area contributed by atoms with Gasteiger partial charge in [-0.2, -0.15) is 0 Å². The van der Waals surface area contributed by atoms with Gasteiger partial charge < -0.3 is 14.6 Å². The fourth-order valence-corrected chi connectivity index (χ4v) is 0.741. The Labute approximate surface area is 63.1 Å². The lowest BCUT2D eigenvalue weighted by molar-refractivity contribution is -0.137. The summed E-state index contributed by atoms with van der Waals surface area (Å²) in [4.78, 5) is 10.1. The van der Waals surface area contributed by atoms with Gasteiger partial charge >= 0.3 is 5.97 Å². The molecule has 60 valence electrons. The second-order valence-electron chi connectivity index (χ2n) is 2.12. The molecule has 4 heteroatoms. The van der Waals surface area contributed by atoms with Gasteiger partial charge in [-0.3, -0.25) is 4.79 Å². The number of hydrogen-bond acceptors (Lipinski definition) is 3. The fraction of sp³-hybridized carbons (Fsp3) is 0.286. The van der Waals surface area contributed by atoms with E-state index in [0.29, 0.717) is 5.76 Å². The van der Waals surface area contributed by atoms with Crippen LogP contribution in [0.4, 0.5) is 0 Å². The number of aryl methyl sites for hydroxylation is 1. The lowest BCUT2D eigenvalue weighted by Gasteiger charge is -1.92. The summed E-state index contributed by atoms with van der Waals surface area (Å²) in [7, 11) is 0. The van der Waals surface area contributed by atoms with E-state index in [1.807, 2.05) is 0 Å². The van der Waals surface area contributed by atoms with Gasteiger partial charge in [-0.15, -0.1) is 0 Å². The van der Waals surface area contributed by atoms with Crippen molar-refractivity contribution in [3.8, 4) is 5.75 Å². The Morgan fingerprint density at radius 3 is 2.82 bits per heavy atom. The molecule has 0 aliphatic heterocycles. The van der Waals surface area contributed by atoms with Crippen LogP contribution in [-0.2, 0) is 11.2 Å². The van der Waals surface area contributed by atoms with E-state index >= 15 is 0 Å². The van der Waals surface area contributed by atoms with Gasteiger partial charge in [0.1, 0.15) is 5.76 Å². The van der Waals surface area contributed by atoms with Crippen molar-refractivity contribution >= 4 is 5.97 Å². The smallest absolute Gasteiger partial charge is 0.303 e. The van der Waals surface area contributed by atoms with Gasteiger partial charge in [-0.05, 0) is 0 Å². The van der Waals surface area contributed by atoms with Gasteiger partial charge in [0.25, 0.3) is 0 Å². The summed E-state index contributed by atoms with van der Waals surface area (Å²) in [5, 5.41) is 17.3. The predicted octanol–water partition coefficient (Wildman–Crippen LogP) is 1.00. The second kappa shape index (κ2) is 3.09. The number of furan rings is 1. The number of rotatable bonds is 3. The molecule has 0 aliphatic rings. The summed E-state index contributed by atoms with van der Waals surface area (Å²) in [5.41, 5.74) is 0. The third-order valence-electron chi connectivity index (χ3n) is 1.29. The highest BCUT2D eigenvalue weighted by molar-refractivity contribution is 5.67. The van der Waals surface area contributed by atoms with E-state index in [4.69, 9.17) is 14.6 Å². The quantitative estimate of drug-likeness (QED) is 0.684. The summed E-state index contributed by atoms with van der Waals surface area (Å²) < 4.78 is 4.80. The van der Waals surface area contributed by atoms with Crippen molar-refractivity contribution in [1.82, 2.24) is 0 Å². The van der Waals surface area contributed by atoms with E-state index in [-0.39, 0.29) is 18.6 Å². The van der Waals surface area contributed by atoms with Gasteiger partial charge in [0.15, 0.2) is 5.75 Å². The average molecular weight is 156 g/mol. The largest absolute Gasteiger partial charge is 0.504 e. The maximum atomic E-state index is 10.1. The van der Waals surface area contributed by atoms with E-state index in [2.05, 4.69) is 0 Å². The number of carboxylic acids is 1. The zero-order valence-electron chi connectivity index (χ0n) is 5.78. The van der Waals surface area contributed by atoms with Crippen LogP contribution in [0.25, 0.3) is 0 Å². The molecular formula is C7H8O4. The van der Waals surface area contributed by atoms with Crippen molar-refractivity contribution in [3.05, 3.63) is 18.1 Å². The first-order valence-corrected chi connectivity index (χ1v) is 3.17. The summed E-state index contributed by atoms with van der Waals surface area (Å²) >= 11 is 0. The Bertz CT molecular complexity index is 251. The molecule has 4 nitrogen and oxygen atoms in total. The molecule has 0 bridgehead atoms. The van der Waals surface area contributed by atoms with E-state index in [9.17, 15) is 4.79 Å². The van der Waals surface area contributed by atoms with Crippen molar-refractivity contribution in [1.29, 1.82) is 0 Å². The number of aliphatic carboxylic acids is 1. The zero-order chi connectivity index (χ0) is 8.27. The molecule has 0 radical (unpaired) electrons. The van der Waals surface area contributed by atoms with E-state index in [0.717, 1.165) is 0 Å². The first-order valence-electron chi connectivity index (χ1n) is 3.17. The summed E-state index contributed by atoms with van der Waals surface area (Å²) in [6.45, 7) is 0. The molecule has 1 heterocycles. The first kappa shape index (κ1) is 7.65. The summed E-state index contributed by atoms with van der Waals surface area (Å²) in [6, 6.07) is 1.39. The molecule has 0 amide bonds. The highest BCUT2D eigenvalue weighted by atomic mass is 16.4.